The van der Waals surface area contributed by atoms with Gasteiger partial charge in [-0.25, -0.2) is 0 Å². The Hall–Kier alpha value is -2.22. The Morgan fingerprint density at radius 3 is 2.28 bits per heavy atom. The van der Waals surface area contributed by atoms with Crippen LogP contribution in [-0.2, 0) is 27.2 Å². The van der Waals surface area contributed by atoms with E-state index < -0.39 is 5.91 Å². The molecule has 1 aromatic rings. The van der Waals surface area contributed by atoms with Crippen molar-refractivity contribution in [3.05, 3.63) is 16.0 Å². The number of anilines is 1. The van der Waals surface area contributed by atoms with Gasteiger partial charge in [0.05, 0.1) is 17.4 Å². The summed E-state index contributed by atoms with van der Waals surface area (Å²) < 4.78 is 0. The Morgan fingerprint density at radius 1 is 1.09 bits per heavy atom. The first-order valence-electron chi connectivity index (χ1n) is 11.7. The first-order chi connectivity index (χ1) is 15.1. The summed E-state index contributed by atoms with van der Waals surface area (Å²) >= 11 is 1.43. The van der Waals surface area contributed by atoms with Crippen LogP contribution in [0.4, 0.5) is 5.00 Å². The van der Waals surface area contributed by atoms with Crippen molar-refractivity contribution in [1.82, 2.24) is 4.90 Å². The maximum Gasteiger partial charge on any atom is 0.251 e. The van der Waals surface area contributed by atoms with Gasteiger partial charge in [-0.15, -0.1) is 11.3 Å². The second-order valence-corrected chi connectivity index (χ2v) is 11.6. The van der Waals surface area contributed by atoms with Gasteiger partial charge in [0.2, 0.25) is 17.7 Å². The number of fused-ring (bicyclic) bond motifs is 2. The van der Waals surface area contributed by atoms with Crippen LogP contribution in [0.1, 0.15) is 80.1 Å². The highest BCUT2D eigenvalue weighted by Gasteiger charge is 2.47. The van der Waals surface area contributed by atoms with Crippen molar-refractivity contribution < 1.29 is 19.2 Å². The van der Waals surface area contributed by atoms with Gasteiger partial charge in [0.1, 0.15) is 5.00 Å². The molecule has 1 saturated heterocycles. The summed E-state index contributed by atoms with van der Waals surface area (Å²) in [5.41, 5.74) is 7.23. The second-order valence-electron chi connectivity index (χ2n) is 10.5. The van der Waals surface area contributed by atoms with Crippen LogP contribution >= 0.6 is 11.3 Å². The van der Waals surface area contributed by atoms with Gasteiger partial charge >= 0.3 is 0 Å². The summed E-state index contributed by atoms with van der Waals surface area (Å²) in [5.74, 6) is -1.01. The van der Waals surface area contributed by atoms with Gasteiger partial charge in [-0.3, -0.25) is 24.1 Å². The lowest BCUT2D eigenvalue weighted by atomic mass is 9.72. The Kier molecular flexibility index (Phi) is 6.18. The molecule has 2 fully saturated rings. The Balaban J connectivity index is 1.44. The minimum atomic E-state index is -0.527. The van der Waals surface area contributed by atoms with Crippen LogP contribution in [0.5, 0.6) is 0 Å². The molecule has 0 bridgehead atoms. The molecular formula is C24H33N3O4S. The molecule has 4 rings (SSSR count). The quantitative estimate of drug-likeness (QED) is 0.657. The lowest BCUT2D eigenvalue weighted by Crippen LogP contribution is -2.34. The highest BCUT2D eigenvalue weighted by molar-refractivity contribution is 7.17. The molecule has 3 aliphatic rings. The number of thiophene rings is 1. The minimum Gasteiger partial charge on any atom is -0.365 e. The molecule has 1 saturated carbocycles. The Bertz CT molecular complexity index is 937. The second kappa shape index (κ2) is 8.61. The largest absolute Gasteiger partial charge is 0.365 e. The van der Waals surface area contributed by atoms with E-state index in [1.807, 2.05) is 0 Å². The molecule has 0 radical (unpaired) electrons. The van der Waals surface area contributed by atoms with E-state index in [1.165, 1.54) is 16.2 Å². The van der Waals surface area contributed by atoms with E-state index in [9.17, 15) is 19.2 Å². The van der Waals surface area contributed by atoms with Crippen molar-refractivity contribution in [3.63, 3.8) is 0 Å². The van der Waals surface area contributed by atoms with Crippen molar-refractivity contribution in [3.8, 4) is 0 Å². The van der Waals surface area contributed by atoms with Crippen molar-refractivity contribution in [2.75, 3.05) is 11.9 Å². The summed E-state index contributed by atoms with van der Waals surface area (Å²) in [7, 11) is 0. The average molecular weight is 460 g/mol. The van der Waals surface area contributed by atoms with E-state index in [-0.39, 0.29) is 47.9 Å². The normalized spacial score (nSPS) is 25.5. The van der Waals surface area contributed by atoms with Crippen LogP contribution in [-0.4, -0.2) is 35.1 Å². The molecule has 0 spiro atoms. The molecule has 3 atom stereocenters. The number of hydrogen-bond acceptors (Lipinski definition) is 5. The highest BCUT2D eigenvalue weighted by Crippen LogP contribution is 2.44. The molecule has 4 amide bonds. The lowest BCUT2D eigenvalue weighted by molar-refractivity contribution is -0.140. The van der Waals surface area contributed by atoms with Crippen LogP contribution in [0.15, 0.2) is 0 Å². The third-order valence-corrected chi connectivity index (χ3v) is 8.65. The summed E-state index contributed by atoms with van der Waals surface area (Å²) in [6.07, 6.45) is 6.13. The smallest absolute Gasteiger partial charge is 0.251 e. The molecule has 3 unspecified atom stereocenters. The number of nitrogens with one attached hydrogen (secondary N) is 1. The zero-order valence-electron chi connectivity index (χ0n) is 19.2. The highest BCUT2D eigenvalue weighted by atomic mass is 32.1. The molecule has 8 heteroatoms. The summed E-state index contributed by atoms with van der Waals surface area (Å²) in [4.78, 5) is 52.5. The van der Waals surface area contributed by atoms with Crippen molar-refractivity contribution in [2.24, 2.45) is 28.9 Å². The number of nitrogens with zero attached hydrogens (tertiary/aromatic N) is 1. The number of nitrogens with two attached hydrogens (primary N) is 1. The first kappa shape index (κ1) is 23.0. The van der Waals surface area contributed by atoms with Gasteiger partial charge in [-0.05, 0) is 49.0 Å². The van der Waals surface area contributed by atoms with Gasteiger partial charge in [-0.2, -0.15) is 0 Å². The molecular weight excluding hydrogens is 426 g/mol. The molecule has 2 heterocycles. The van der Waals surface area contributed by atoms with Crippen LogP contribution in [0.2, 0.25) is 0 Å². The number of carbonyl (C=O) groups is 4. The predicted molar refractivity (Wildman–Crippen MR) is 123 cm³/mol. The van der Waals surface area contributed by atoms with Crippen LogP contribution in [0.25, 0.3) is 0 Å². The number of hydrogen-bond donors (Lipinski definition) is 2. The minimum absolute atomic E-state index is 0.0162. The number of carbonyl (C=O) groups excluding carboxylic acids is 4. The first-order valence-corrected chi connectivity index (χ1v) is 12.5. The summed E-state index contributed by atoms with van der Waals surface area (Å²) in [6.45, 7) is 6.76. The van der Waals surface area contributed by atoms with Crippen LogP contribution < -0.4 is 11.1 Å². The predicted octanol–water partition coefficient (Wildman–Crippen LogP) is 3.50. The average Bonchev–Trinajstić information content (AvgIpc) is 3.20. The van der Waals surface area contributed by atoms with Crippen LogP contribution in [0.3, 0.4) is 0 Å². The molecule has 2 aliphatic carbocycles. The maximum atomic E-state index is 12.7. The summed E-state index contributed by atoms with van der Waals surface area (Å²) in [5, 5.41) is 3.34. The number of amides is 4. The molecule has 1 aliphatic heterocycles. The van der Waals surface area contributed by atoms with E-state index in [4.69, 9.17) is 5.73 Å². The van der Waals surface area contributed by atoms with Crippen molar-refractivity contribution in [1.29, 1.82) is 0 Å². The SMILES string of the molecule is CC(C)(C)C1CCc2c(sc(NC(=O)CCN3C(=O)C4CCCCC4C3=O)c2C(N)=O)C1. The van der Waals surface area contributed by atoms with E-state index in [0.717, 1.165) is 55.4 Å². The standard InChI is InChI=1S/C24H33N3O4S/c1-24(2,3)13-8-9-16-17(12-13)32-21(19(16)20(25)29)26-18(28)10-11-27-22(30)14-6-4-5-7-15(14)23(27)31/h13-15H,4-12H2,1-3H3,(H2,25,29)(H,26,28). The van der Waals surface area contributed by atoms with Gasteiger partial charge in [-0.1, -0.05) is 33.6 Å². The Morgan fingerprint density at radius 2 is 1.72 bits per heavy atom. The number of imide groups is 1. The maximum absolute atomic E-state index is 12.7. The van der Waals surface area contributed by atoms with E-state index in [1.54, 1.807) is 0 Å². The van der Waals surface area contributed by atoms with Gasteiger partial charge in [0.15, 0.2) is 0 Å². The number of primary amides is 1. The number of rotatable bonds is 5. The van der Waals surface area contributed by atoms with Crippen molar-refractivity contribution in [2.45, 2.75) is 72.1 Å². The third kappa shape index (κ3) is 4.21. The molecule has 3 N–H and O–H groups in total. The van der Waals surface area contributed by atoms with E-state index in [0.29, 0.717) is 16.5 Å². The molecule has 32 heavy (non-hydrogen) atoms. The van der Waals surface area contributed by atoms with E-state index >= 15 is 0 Å². The number of likely N-dealkylation sites (tertiary alicyclic amines) is 1. The molecule has 174 valence electrons. The monoisotopic (exact) mass is 459 g/mol. The zero-order chi connectivity index (χ0) is 23.2. The van der Waals surface area contributed by atoms with Gasteiger partial charge in [0, 0.05) is 17.8 Å². The fourth-order valence-electron chi connectivity index (χ4n) is 5.53. The van der Waals surface area contributed by atoms with E-state index in [2.05, 4.69) is 26.1 Å². The fraction of sp³-hybridized carbons (Fsp3) is 0.667. The zero-order valence-corrected chi connectivity index (χ0v) is 20.0. The summed E-state index contributed by atoms with van der Waals surface area (Å²) in [6, 6.07) is 0. The van der Waals surface area contributed by atoms with Gasteiger partial charge < -0.3 is 11.1 Å². The van der Waals surface area contributed by atoms with Crippen molar-refractivity contribution >= 4 is 40.0 Å². The van der Waals surface area contributed by atoms with Crippen LogP contribution in [0, 0.1) is 23.2 Å². The molecule has 7 nitrogen and oxygen atoms in total. The topological polar surface area (TPSA) is 110 Å². The fourth-order valence-corrected chi connectivity index (χ4v) is 6.88. The molecule has 0 aromatic carbocycles. The third-order valence-electron chi connectivity index (χ3n) is 7.48. The Labute approximate surface area is 193 Å². The van der Waals surface area contributed by atoms with Gasteiger partial charge in [0.25, 0.3) is 5.91 Å². The molecule has 1 aromatic heterocycles. The lowest BCUT2D eigenvalue weighted by Gasteiger charge is -2.33.